The van der Waals surface area contributed by atoms with E-state index in [0.717, 1.165) is 17.4 Å². The van der Waals surface area contributed by atoms with Crippen molar-refractivity contribution in [3.63, 3.8) is 0 Å². The van der Waals surface area contributed by atoms with Crippen LogP contribution in [0.2, 0.25) is 0 Å². The highest BCUT2D eigenvalue weighted by Gasteiger charge is 2.19. The van der Waals surface area contributed by atoms with Gasteiger partial charge in [-0.15, -0.1) is 11.3 Å². The summed E-state index contributed by atoms with van der Waals surface area (Å²) in [5, 5.41) is 2.06. The molecule has 1 aliphatic carbocycles. The SMILES string of the molecule is CN(Cc1cc(Br)cs1)C(=O)CC1CCCCC1. The van der Waals surface area contributed by atoms with Gasteiger partial charge in [0.25, 0.3) is 0 Å². The fourth-order valence-corrected chi connectivity index (χ4v) is 4.06. The molecule has 0 spiro atoms. The predicted molar refractivity (Wildman–Crippen MR) is 79.7 cm³/mol. The Labute approximate surface area is 122 Å². The summed E-state index contributed by atoms with van der Waals surface area (Å²) in [4.78, 5) is 15.2. The fraction of sp³-hybridized carbons (Fsp3) is 0.643. The van der Waals surface area contributed by atoms with Gasteiger partial charge in [0.2, 0.25) is 5.91 Å². The maximum absolute atomic E-state index is 12.1. The van der Waals surface area contributed by atoms with Gasteiger partial charge in [0.05, 0.1) is 6.54 Å². The first-order valence-electron chi connectivity index (χ1n) is 6.62. The molecule has 2 nitrogen and oxygen atoms in total. The number of rotatable bonds is 4. The number of carbonyl (C=O) groups excluding carboxylic acids is 1. The van der Waals surface area contributed by atoms with Gasteiger partial charge >= 0.3 is 0 Å². The van der Waals surface area contributed by atoms with Crippen LogP contribution in [0.1, 0.15) is 43.4 Å². The summed E-state index contributed by atoms with van der Waals surface area (Å²) in [5.41, 5.74) is 0. The zero-order valence-corrected chi connectivity index (χ0v) is 13.2. The second-order valence-corrected chi connectivity index (χ2v) is 7.10. The van der Waals surface area contributed by atoms with Crippen LogP contribution in [-0.2, 0) is 11.3 Å². The first-order chi connectivity index (χ1) is 8.65. The summed E-state index contributed by atoms with van der Waals surface area (Å²) in [5.74, 6) is 0.926. The van der Waals surface area contributed by atoms with E-state index in [1.54, 1.807) is 11.3 Å². The first kappa shape index (κ1) is 14.1. The number of hydrogen-bond acceptors (Lipinski definition) is 2. The Morgan fingerprint density at radius 3 is 2.78 bits per heavy atom. The van der Waals surface area contributed by atoms with Crippen LogP contribution in [0.25, 0.3) is 0 Å². The first-order valence-corrected chi connectivity index (χ1v) is 8.29. The molecule has 1 aromatic heterocycles. The number of carbonyl (C=O) groups is 1. The third-order valence-corrected chi connectivity index (χ3v) is 5.31. The monoisotopic (exact) mass is 329 g/mol. The quantitative estimate of drug-likeness (QED) is 0.799. The van der Waals surface area contributed by atoms with Gasteiger partial charge in [0, 0.05) is 28.2 Å². The highest BCUT2D eigenvalue weighted by molar-refractivity contribution is 9.10. The van der Waals surface area contributed by atoms with Gasteiger partial charge in [-0.05, 0) is 40.8 Å². The minimum atomic E-state index is 0.298. The average molecular weight is 330 g/mol. The normalized spacial score (nSPS) is 16.8. The summed E-state index contributed by atoms with van der Waals surface area (Å²) in [6, 6.07) is 2.09. The smallest absolute Gasteiger partial charge is 0.222 e. The average Bonchev–Trinajstić information content (AvgIpc) is 2.76. The van der Waals surface area contributed by atoms with Crippen molar-refractivity contribution >= 4 is 33.2 Å². The Kier molecular flexibility index (Phi) is 5.25. The van der Waals surface area contributed by atoms with Crippen LogP contribution >= 0.6 is 27.3 Å². The van der Waals surface area contributed by atoms with Crippen LogP contribution in [-0.4, -0.2) is 17.9 Å². The van der Waals surface area contributed by atoms with Crippen molar-refractivity contribution in [2.45, 2.75) is 45.1 Å². The second kappa shape index (κ2) is 6.71. The van der Waals surface area contributed by atoms with Crippen LogP contribution in [0.5, 0.6) is 0 Å². The Morgan fingerprint density at radius 2 is 2.17 bits per heavy atom. The molecule has 1 heterocycles. The standard InChI is InChI=1S/C14H20BrNOS/c1-16(9-13-8-12(15)10-18-13)14(17)7-11-5-3-2-4-6-11/h8,10-11H,2-7,9H2,1H3. The number of amides is 1. The third-order valence-electron chi connectivity index (χ3n) is 3.63. The fourth-order valence-electron chi connectivity index (χ4n) is 2.55. The molecule has 4 heteroatoms. The molecule has 1 aromatic rings. The van der Waals surface area contributed by atoms with Crippen molar-refractivity contribution in [1.29, 1.82) is 0 Å². The number of nitrogens with zero attached hydrogens (tertiary/aromatic N) is 1. The highest BCUT2D eigenvalue weighted by atomic mass is 79.9. The molecule has 1 amide bonds. The maximum atomic E-state index is 12.1. The van der Waals surface area contributed by atoms with E-state index in [1.165, 1.54) is 37.0 Å². The molecule has 18 heavy (non-hydrogen) atoms. The van der Waals surface area contributed by atoms with Crippen LogP contribution in [0, 0.1) is 5.92 Å². The molecule has 0 aliphatic heterocycles. The molecule has 1 saturated carbocycles. The Bertz CT molecular complexity index is 398. The molecular formula is C14H20BrNOS. The molecule has 0 aromatic carbocycles. The number of hydrogen-bond donors (Lipinski definition) is 0. The zero-order valence-electron chi connectivity index (χ0n) is 10.8. The van der Waals surface area contributed by atoms with Crippen molar-refractivity contribution < 1.29 is 4.79 Å². The van der Waals surface area contributed by atoms with Crippen molar-refractivity contribution in [3.8, 4) is 0 Å². The van der Waals surface area contributed by atoms with Gasteiger partial charge in [0.15, 0.2) is 0 Å². The Morgan fingerprint density at radius 1 is 1.44 bits per heavy atom. The third kappa shape index (κ3) is 4.09. The second-order valence-electron chi connectivity index (χ2n) is 5.19. The molecule has 0 N–H and O–H groups in total. The molecule has 0 radical (unpaired) electrons. The van der Waals surface area contributed by atoms with E-state index in [2.05, 4.69) is 27.4 Å². The van der Waals surface area contributed by atoms with Gasteiger partial charge in [-0.2, -0.15) is 0 Å². The number of halogens is 1. The minimum Gasteiger partial charge on any atom is -0.341 e. The lowest BCUT2D eigenvalue weighted by Crippen LogP contribution is -2.28. The van der Waals surface area contributed by atoms with Crippen molar-refractivity contribution in [2.24, 2.45) is 5.92 Å². The molecule has 100 valence electrons. The minimum absolute atomic E-state index is 0.298. The molecule has 1 fully saturated rings. The molecule has 0 saturated heterocycles. The molecule has 0 bridgehead atoms. The lowest BCUT2D eigenvalue weighted by Gasteiger charge is -2.24. The molecule has 0 atom stereocenters. The van der Waals surface area contributed by atoms with Crippen molar-refractivity contribution in [2.75, 3.05) is 7.05 Å². The summed E-state index contributed by atoms with van der Waals surface area (Å²) in [6.45, 7) is 0.738. The van der Waals surface area contributed by atoms with E-state index in [9.17, 15) is 4.79 Å². The van der Waals surface area contributed by atoms with Gasteiger partial charge in [-0.1, -0.05) is 19.3 Å². The van der Waals surface area contributed by atoms with E-state index in [0.29, 0.717) is 11.8 Å². The largest absolute Gasteiger partial charge is 0.341 e. The van der Waals surface area contributed by atoms with E-state index in [4.69, 9.17) is 0 Å². The summed E-state index contributed by atoms with van der Waals surface area (Å²) < 4.78 is 1.11. The van der Waals surface area contributed by atoms with Crippen LogP contribution in [0.15, 0.2) is 15.9 Å². The summed E-state index contributed by atoms with van der Waals surface area (Å²) >= 11 is 5.15. The van der Waals surface area contributed by atoms with Crippen LogP contribution < -0.4 is 0 Å². The van der Waals surface area contributed by atoms with Crippen LogP contribution in [0.3, 0.4) is 0 Å². The molecule has 2 rings (SSSR count). The van der Waals surface area contributed by atoms with Gasteiger partial charge in [-0.25, -0.2) is 0 Å². The van der Waals surface area contributed by atoms with E-state index in [-0.39, 0.29) is 0 Å². The molecular weight excluding hydrogens is 310 g/mol. The Balaban J connectivity index is 1.80. The summed E-state index contributed by atoms with van der Waals surface area (Å²) in [6.07, 6.45) is 7.18. The van der Waals surface area contributed by atoms with Crippen molar-refractivity contribution in [3.05, 3.63) is 20.8 Å². The molecule has 1 aliphatic rings. The zero-order chi connectivity index (χ0) is 13.0. The predicted octanol–water partition coefficient (Wildman–Crippen LogP) is 4.44. The summed E-state index contributed by atoms with van der Waals surface area (Å²) in [7, 11) is 1.92. The van der Waals surface area contributed by atoms with E-state index in [1.807, 2.05) is 11.9 Å². The highest BCUT2D eigenvalue weighted by Crippen LogP contribution is 2.27. The topological polar surface area (TPSA) is 20.3 Å². The Hall–Kier alpha value is -0.350. The maximum Gasteiger partial charge on any atom is 0.222 e. The molecule has 0 unspecified atom stereocenters. The van der Waals surface area contributed by atoms with Gasteiger partial charge < -0.3 is 4.90 Å². The van der Waals surface area contributed by atoms with Gasteiger partial charge in [-0.3, -0.25) is 4.79 Å². The lowest BCUT2D eigenvalue weighted by atomic mass is 9.87. The lowest BCUT2D eigenvalue weighted by molar-refractivity contribution is -0.131. The van der Waals surface area contributed by atoms with Crippen LogP contribution in [0.4, 0.5) is 0 Å². The number of thiophene rings is 1. The van der Waals surface area contributed by atoms with E-state index >= 15 is 0 Å². The van der Waals surface area contributed by atoms with Crippen molar-refractivity contribution in [1.82, 2.24) is 4.90 Å². The van der Waals surface area contributed by atoms with E-state index < -0.39 is 0 Å². The van der Waals surface area contributed by atoms with Gasteiger partial charge in [0.1, 0.15) is 0 Å².